The lowest BCUT2D eigenvalue weighted by Crippen LogP contribution is -2.43. The molecule has 130 valence electrons. The quantitative estimate of drug-likeness (QED) is 0.730. The van der Waals surface area contributed by atoms with Crippen molar-refractivity contribution in [1.29, 1.82) is 0 Å². The first-order chi connectivity index (χ1) is 10.8. The normalized spacial score (nSPS) is 23.7. The topological polar surface area (TPSA) is 89.5 Å². The summed E-state index contributed by atoms with van der Waals surface area (Å²) >= 11 is 0. The molecule has 0 radical (unpaired) electrons. The van der Waals surface area contributed by atoms with E-state index in [1.165, 1.54) is 19.2 Å². The van der Waals surface area contributed by atoms with Gasteiger partial charge in [0.2, 0.25) is 0 Å². The molecule has 8 heteroatoms. The van der Waals surface area contributed by atoms with Crippen molar-refractivity contribution in [1.82, 2.24) is 5.32 Å². The van der Waals surface area contributed by atoms with E-state index in [2.05, 4.69) is 5.32 Å². The van der Waals surface area contributed by atoms with Crippen LogP contribution < -0.4 is 10.1 Å². The van der Waals surface area contributed by atoms with Gasteiger partial charge in [-0.2, -0.15) is 0 Å². The molecule has 1 fully saturated rings. The average molecular weight is 361 g/mol. The molecule has 0 amide bonds. The highest BCUT2D eigenvalue weighted by atomic mass is 32.2. The van der Waals surface area contributed by atoms with Crippen LogP contribution in [-0.2, 0) is 19.7 Å². The summed E-state index contributed by atoms with van der Waals surface area (Å²) in [4.78, 5) is 0.127. The molecule has 0 unspecified atom stereocenters. The second-order valence-corrected chi connectivity index (χ2v) is 10.1. The predicted molar refractivity (Wildman–Crippen MR) is 89.3 cm³/mol. The molecule has 0 saturated carbocycles. The van der Waals surface area contributed by atoms with E-state index >= 15 is 0 Å². The Morgan fingerprint density at radius 3 is 2.43 bits per heavy atom. The van der Waals surface area contributed by atoms with Gasteiger partial charge in [-0.05, 0) is 37.2 Å². The highest BCUT2D eigenvalue weighted by Gasteiger charge is 2.45. The number of hydrogen-bond acceptors (Lipinski definition) is 6. The van der Waals surface area contributed by atoms with E-state index in [9.17, 15) is 16.8 Å². The van der Waals surface area contributed by atoms with E-state index in [1.807, 2.05) is 6.92 Å². The standard InChI is InChI=1S/C15H23NO5S2/c1-3-4-9-16-14-10-22(17,18)11-15(14)23(19,20)13-7-5-12(21-2)6-8-13/h5-8,14-16H,3-4,9-11H2,1-2H3/t14-,15-/m1/s1. The fraction of sp³-hybridized carbons (Fsp3) is 0.600. The van der Waals surface area contributed by atoms with Crippen molar-refractivity contribution in [3.8, 4) is 5.75 Å². The Morgan fingerprint density at radius 2 is 1.87 bits per heavy atom. The summed E-state index contributed by atoms with van der Waals surface area (Å²) in [7, 11) is -5.57. The van der Waals surface area contributed by atoms with Gasteiger partial charge in [0.1, 0.15) is 5.75 Å². The molecule has 23 heavy (non-hydrogen) atoms. The smallest absolute Gasteiger partial charge is 0.183 e. The predicted octanol–water partition coefficient (Wildman–Crippen LogP) is 1.02. The molecule has 0 spiro atoms. The Labute approximate surface area is 138 Å². The van der Waals surface area contributed by atoms with Crippen LogP contribution in [0.1, 0.15) is 19.8 Å². The molecule has 0 aromatic heterocycles. The van der Waals surface area contributed by atoms with Crippen molar-refractivity contribution in [3.05, 3.63) is 24.3 Å². The summed E-state index contributed by atoms with van der Waals surface area (Å²) in [5.41, 5.74) is 0. The van der Waals surface area contributed by atoms with Gasteiger partial charge in [0, 0.05) is 6.04 Å². The Bertz CT molecular complexity index is 726. The third kappa shape index (κ3) is 4.24. The fourth-order valence-electron chi connectivity index (χ4n) is 2.72. The molecule has 1 aliphatic heterocycles. The maximum absolute atomic E-state index is 12.8. The van der Waals surface area contributed by atoms with Gasteiger partial charge >= 0.3 is 0 Å². The summed E-state index contributed by atoms with van der Waals surface area (Å²) in [6, 6.07) is 5.49. The lowest BCUT2D eigenvalue weighted by molar-refractivity contribution is 0.414. The highest BCUT2D eigenvalue weighted by molar-refractivity contribution is 7.96. The van der Waals surface area contributed by atoms with E-state index in [-0.39, 0.29) is 16.4 Å². The van der Waals surface area contributed by atoms with E-state index in [0.29, 0.717) is 12.3 Å². The van der Waals surface area contributed by atoms with Crippen LogP contribution in [0.2, 0.25) is 0 Å². The van der Waals surface area contributed by atoms with Crippen molar-refractivity contribution in [2.75, 3.05) is 25.2 Å². The lowest BCUT2D eigenvalue weighted by atomic mass is 10.2. The third-order valence-electron chi connectivity index (χ3n) is 4.02. The van der Waals surface area contributed by atoms with Crippen molar-refractivity contribution in [2.45, 2.75) is 36.0 Å². The van der Waals surface area contributed by atoms with Crippen molar-refractivity contribution >= 4 is 19.7 Å². The van der Waals surface area contributed by atoms with Crippen LogP contribution in [0.4, 0.5) is 0 Å². The summed E-state index contributed by atoms with van der Waals surface area (Å²) < 4.78 is 54.5. The largest absolute Gasteiger partial charge is 0.497 e. The van der Waals surface area contributed by atoms with Gasteiger partial charge in [-0.1, -0.05) is 13.3 Å². The van der Waals surface area contributed by atoms with Gasteiger partial charge in [0.15, 0.2) is 19.7 Å². The number of hydrogen-bond donors (Lipinski definition) is 1. The van der Waals surface area contributed by atoms with Crippen LogP contribution in [0.25, 0.3) is 0 Å². The number of ether oxygens (including phenoxy) is 1. The molecular formula is C15H23NO5S2. The van der Waals surface area contributed by atoms with Gasteiger partial charge in [0.05, 0.1) is 28.8 Å². The van der Waals surface area contributed by atoms with Crippen LogP contribution in [0.5, 0.6) is 5.75 Å². The highest BCUT2D eigenvalue weighted by Crippen LogP contribution is 2.27. The second kappa shape index (κ2) is 7.19. The molecule has 1 aromatic carbocycles. The molecule has 1 aliphatic rings. The van der Waals surface area contributed by atoms with Crippen molar-refractivity contribution in [3.63, 3.8) is 0 Å². The Balaban J connectivity index is 2.27. The number of benzene rings is 1. The molecule has 1 N–H and O–H groups in total. The third-order valence-corrected chi connectivity index (χ3v) is 8.19. The number of nitrogens with one attached hydrogen (secondary N) is 1. The molecule has 0 bridgehead atoms. The second-order valence-electron chi connectivity index (χ2n) is 5.75. The first kappa shape index (κ1) is 18.2. The monoisotopic (exact) mass is 361 g/mol. The zero-order valence-electron chi connectivity index (χ0n) is 13.4. The Morgan fingerprint density at radius 1 is 1.22 bits per heavy atom. The SMILES string of the molecule is CCCCN[C@@H]1CS(=O)(=O)C[C@H]1S(=O)(=O)c1ccc(OC)cc1. The van der Waals surface area contributed by atoms with Crippen molar-refractivity contribution < 1.29 is 21.6 Å². The Hall–Kier alpha value is -1.12. The van der Waals surface area contributed by atoms with Crippen LogP contribution in [0, 0.1) is 0 Å². The average Bonchev–Trinajstić information content (AvgIpc) is 2.83. The molecular weight excluding hydrogens is 338 g/mol. The molecule has 1 heterocycles. The van der Waals surface area contributed by atoms with Crippen LogP contribution in [-0.4, -0.2) is 53.3 Å². The fourth-order valence-corrected chi connectivity index (χ4v) is 7.43. The van der Waals surface area contributed by atoms with Gasteiger partial charge in [-0.15, -0.1) is 0 Å². The maximum atomic E-state index is 12.8. The molecule has 2 rings (SSSR count). The minimum absolute atomic E-state index is 0.127. The Kier molecular flexibility index (Phi) is 5.70. The molecule has 2 atom stereocenters. The summed E-state index contributed by atoms with van der Waals surface area (Å²) in [5, 5.41) is 2.16. The van der Waals surface area contributed by atoms with E-state index in [4.69, 9.17) is 4.74 Å². The number of rotatable bonds is 7. The minimum atomic E-state index is -3.72. The van der Waals surface area contributed by atoms with E-state index in [0.717, 1.165) is 12.8 Å². The van der Waals surface area contributed by atoms with Crippen LogP contribution >= 0.6 is 0 Å². The zero-order valence-corrected chi connectivity index (χ0v) is 15.0. The summed E-state index contributed by atoms with van der Waals surface area (Å²) in [6.07, 6.45) is 1.84. The molecule has 1 saturated heterocycles. The van der Waals surface area contributed by atoms with Crippen molar-refractivity contribution in [2.24, 2.45) is 0 Å². The molecule has 1 aromatic rings. The summed E-state index contributed by atoms with van der Waals surface area (Å²) in [6.45, 7) is 2.64. The van der Waals surface area contributed by atoms with Gasteiger partial charge < -0.3 is 10.1 Å². The number of unbranched alkanes of at least 4 members (excludes halogenated alkanes) is 1. The number of sulfone groups is 2. The van der Waals surface area contributed by atoms with Crippen LogP contribution in [0.15, 0.2) is 29.2 Å². The summed E-state index contributed by atoms with van der Waals surface area (Å²) in [5.74, 6) is 0.0997. The van der Waals surface area contributed by atoms with E-state index in [1.54, 1.807) is 12.1 Å². The first-order valence-electron chi connectivity index (χ1n) is 7.62. The van der Waals surface area contributed by atoms with Gasteiger partial charge in [0.25, 0.3) is 0 Å². The number of methoxy groups -OCH3 is 1. The van der Waals surface area contributed by atoms with Gasteiger partial charge in [-0.3, -0.25) is 0 Å². The molecule has 6 nitrogen and oxygen atoms in total. The minimum Gasteiger partial charge on any atom is -0.497 e. The zero-order chi connectivity index (χ0) is 17.1. The van der Waals surface area contributed by atoms with E-state index < -0.39 is 31.0 Å². The lowest BCUT2D eigenvalue weighted by Gasteiger charge is -2.20. The maximum Gasteiger partial charge on any atom is 0.183 e. The first-order valence-corrected chi connectivity index (χ1v) is 11.0. The van der Waals surface area contributed by atoms with Crippen LogP contribution in [0.3, 0.4) is 0 Å². The molecule has 0 aliphatic carbocycles. The van der Waals surface area contributed by atoms with Gasteiger partial charge in [-0.25, -0.2) is 16.8 Å².